The number of carbonyl (C=O) groups is 1. The minimum absolute atomic E-state index is 0.237. The number of carbonyl (C=O) groups excluding carboxylic acids is 1. The molecular weight excluding hydrogens is 140 g/mol. The molecule has 0 aromatic heterocycles. The molecule has 1 aliphatic carbocycles. The largest absolute Gasteiger partial charge is 0.323 e. The Balaban J connectivity index is 2.50. The van der Waals surface area contributed by atoms with Crippen LogP contribution in [0.4, 0.5) is 0 Å². The molecule has 0 amide bonds. The number of ketones is 1. The van der Waals surface area contributed by atoms with Gasteiger partial charge in [0.15, 0.2) is 5.78 Å². The number of allylic oxidation sites excluding steroid dienone is 2. The Bertz CT molecular complexity index is 185. The number of hydrogen-bond donors (Lipinski definition) is 1. The average Bonchev–Trinajstić information content (AvgIpc) is 1.85. The molecule has 0 radical (unpaired) electrons. The summed E-state index contributed by atoms with van der Waals surface area (Å²) in [5, 5.41) is 1.85. The maximum atomic E-state index is 10.9. The SMILES string of the molecule is CN(C)NC1=CC(=O)CCC1. The molecular formula is C8H14N2O. The lowest BCUT2D eigenvalue weighted by atomic mass is 10.0. The maximum absolute atomic E-state index is 10.9. The molecule has 3 nitrogen and oxygen atoms in total. The first-order valence-electron chi connectivity index (χ1n) is 3.86. The van der Waals surface area contributed by atoms with E-state index in [4.69, 9.17) is 0 Å². The van der Waals surface area contributed by atoms with Crippen LogP contribution in [0.25, 0.3) is 0 Å². The Morgan fingerprint density at radius 3 is 2.73 bits per heavy atom. The Morgan fingerprint density at radius 1 is 1.45 bits per heavy atom. The van der Waals surface area contributed by atoms with E-state index in [1.54, 1.807) is 6.08 Å². The van der Waals surface area contributed by atoms with Crippen LogP contribution in [-0.2, 0) is 4.79 Å². The second kappa shape index (κ2) is 3.53. The van der Waals surface area contributed by atoms with Gasteiger partial charge >= 0.3 is 0 Å². The van der Waals surface area contributed by atoms with Crippen LogP contribution < -0.4 is 5.43 Å². The van der Waals surface area contributed by atoms with Gasteiger partial charge in [0.05, 0.1) is 0 Å². The van der Waals surface area contributed by atoms with Crippen molar-refractivity contribution in [3.63, 3.8) is 0 Å². The third kappa shape index (κ3) is 2.72. The molecule has 1 aliphatic rings. The standard InChI is InChI=1S/C8H14N2O/c1-10(2)9-7-4-3-5-8(11)6-7/h6,9H,3-5H2,1-2H3. The van der Waals surface area contributed by atoms with Crippen LogP contribution in [0, 0.1) is 0 Å². The lowest BCUT2D eigenvalue weighted by Crippen LogP contribution is -2.31. The summed E-state index contributed by atoms with van der Waals surface area (Å²) in [6.45, 7) is 0. The van der Waals surface area contributed by atoms with E-state index >= 15 is 0 Å². The van der Waals surface area contributed by atoms with Crippen molar-refractivity contribution in [2.45, 2.75) is 19.3 Å². The van der Waals surface area contributed by atoms with Crippen LogP contribution >= 0.6 is 0 Å². The molecule has 0 fully saturated rings. The molecule has 0 saturated carbocycles. The molecule has 0 unspecified atom stereocenters. The molecule has 62 valence electrons. The molecule has 0 aliphatic heterocycles. The van der Waals surface area contributed by atoms with Gasteiger partial charge in [0.2, 0.25) is 0 Å². The van der Waals surface area contributed by atoms with Gasteiger partial charge in [-0.1, -0.05) is 0 Å². The minimum Gasteiger partial charge on any atom is -0.323 e. The first kappa shape index (κ1) is 8.27. The van der Waals surface area contributed by atoms with E-state index in [2.05, 4.69) is 5.43 Å². The van der Waals surface area contributed by atoms with Crippen LogP contribution in [0.2, 0.25) is 0 Å². The maximum Gasteiger partial charge on any atom is 0.157 e. The quantitative estimate of drug-likeness (QED) is 0.594. The zero-order chi connectivity index (χ0) is 8.27. The van der Waals surface area contributed by atoms with Crippen molar-refractivity contribution < 1.29 is 4.79 Å². The van der Waals surface area contributed by atoms with E-state index in [9.17, 15) is 4.79 Å². The zero-order valence-corrected chi connectivity index (χ0v) is 7.05. The first-order chi connectivity index (χ1) is 5.18. The van der Waals surface area contributed by atoms with E-state index in [0.717, 1.165) is 18.5 Å². The van der Waals surface area contributed by atoms with Crippen molar-refractivity contribution in [2.24, 2.45) is 0 Å². The number of rotatable bonds is 2. The summed E-state index contributed by atoms with van der Waals surface area (Å²) in [5.41, 5.74) is 4.12. The summed E-state index contributed by atoms with van der Waals surface area (Å²) in [5.74, 6) is 0.237. The molecule has 1 N–H and O–H groups in total. The van der Waals surface area contributed by atoms with Crippen molar-refractivity contribution >= 4 is 5.78 Å². The van der Waals surface area contributed by atoms with Crippen LogP contribution in [-0.4, -0.2) is 24.9 Å². The Morgan fingerprint density at radius 2 is 2.18 bits per heavy atom. The van der Waals surface area contributed by atoms with Crippen LogP contribution in [0.3, 0.4) is 0 Å². The predicted octanol–water partition coefficient (Wildman–Crippen LogP) is 0.689. The normalized spacial score (nSPS) is 18.5. The van der Waals surface area contributed by atoms with Crippen molar-refractivity contribution in [3.05, 3.63) is 11.8 Å². The van der Waals surface area contributed by atoms with Gasteiger partial charge in [0.1, 0.15) is 0 Å². The molecule has 0 heterocycles. The Labute approximate surface area is 67.0 Å². The van der Waals surface area contributed by atoms with Crippen molar-refractivity contribution in [1.29, 1.82) is 0 Å². The highest BCUT2D eigenvalue weighted by Gasteiger charge is 2.09. The highest BCUT2D eigenvalue weighted by molar-refractivity contribution is 5.90. The summed E-state index contributed by atoms with van der Waals surface area (Å²) in [6, 6.07) is 0. The van der Waals surface area contributed by atoms with E-state index in [1.807, 2.05) is 19.1 Å². The molecule has 1 rings (SSSR count). The molecule has 0 saturated heterocycles. The van der Waals surface area contributed by atoms with E-state index in [0.29, 0.717) is 6.42 Å². The summed E-state index contributed by atoms with van der Waals surface area (Å²) in [6.07, 6.45) is 4.37. The predicted molar refractivity (Wildman–Crippen MR) is 43.8 cm³/mol. The zero-order valence-electron chi connectivity index (χ0n) is 7.05. The smallest absolute Gasteiger partial charge is 0.157 e. The third-order valence-electron chi connectivity index (χ3n) is 1.57. The lowest BCUT2D eigenvalue weighted by Gasteiger charge is -2.18. The van der Waals surface area contributed by atoms with Gasteiger partial charge in [-0.3, -0.25) is 4.79 Å². The molecule has 0 spiro atoms. The van der Waals surface area contributed by atoms with Crippen LogP contribution in [0.5, 0.6) is 0 Å². The Hall–Kier alpha value is -0.830. The number of nitrogens with one attached hydrogen (secondary N) is 1. The molecule has 0 aromatic carbocycles. The fourth-order valence-corrected chi connectivity index (χ4v) is 1.17. The topological polar surface area (TPSA) is 32.3 Å². The average molecular weight is 154 g/mol. The molecule has 11 heavy (non-hydrogen) atoms. The third-order valence-corrected chi connectivity index (χ3v) is 1.57. The van der Waals surface area contributed by atoms with Crippen molar-refractivity contribution in [1.82, 2.24) is 10.4 Å². The van der Waals surface area contributed by atoms with Gasteiger partial charge in [-0.05, 0) is 12.8 Å². The molecule has 0 aromatic rings. The fourth-order valence-electron chi connectivity index (χ4n) is 1.17. The fraction of sp³-hybridized carbons (Fsp3) is 0.625. The van der Waals surface area contributed by atoms with Crippen LogP contribution in [0.1, 0.15) is 19.3 Å². The number of hydrogen-bond acceptors (Lipinski definition) is 3. The summed E-state index contributed by atoms with van der Waals surface area (Å²) in [7, 11) is 3.83. The van der Waals surface area contributed by atoms with Gasteiger partial charge in [0.25, 0.3) is 0 Å². The monoisotopic (exact) mass is 154 g/mol. The second-order valence-electron chi connectivity index (χ2n) is 3.00. The Kier molecular flexibility index (Phi) is 2.65. The van der Waals surface area contributed by atoms with E-state index < -0.39 is 0 Å². The van der Waals surface area contributed by atoms with Crippen molar-refractivity contribution in [2.75, 3.05) is 14.1 Å². The lowest BCUT2D eigenvalue weighted by molar-refractivity contribution is -0.115. The van der Waals surface area contributed by atoms with Gasteiger partial charge in [-0.2, -0.15) is 0 Å². The summed E-state index contributed by atoms with van der Waals surface area (Å²) >= 11 is 0. The highest BCUT2D eigenvalue weighted by atomic mass is 16.1. The van der Waals surface area contributed by atoms with Gasteiger partial charge in [-0.25, -0.2) is 5.01 Å². The van der Waals surface area contributed by atoms with Crippen molar-refractivity contribution in [3.8, 4) is 0 Å². The summed E-state index contributed by atoms with van der Waals surface area (Å²) in [4.78, 5) is 10.9. The van der Waals surface area contributed by atoms with Crippen LogP contribution in [0.15, 0.2) is 11.8 Å². The van der Waals surface area contributed by atoms with E-state index in [-0.39, 0.29) is 5.78 Å². The van der Waals surface area contributed by atoms with E-state index in [1.165, 1.54) is 0 Å². The van der Waals surface area contributed by atoms with Gasteiger partial charge in [-0.15, -0.1) is 0 Å². The number of nitrogens with zero attached hydrogens (tertiary/aromatic N) is 1. The first-order valence-corrected chi connectivity index (χ1v) is 3.86. The van der Waals surface area contributed by atoms with Gasteiger partial charge in [0, 0.05) is 32.3 Å². The number of hydrazine groups is 1. The highest BCUT2D eigenvalue weighted by Crippen LogP contribution is 2.12. The van der Waals surface area contributed by atoms with Gasteiger partial charge < -0.3 is 5.43 Å². The minimum atomic E-state index is 0.237. The summed E-state index contributed by atoms with van der Waals surface area (Å²) < 4.78 is 0. The second-order valence-corrected chi connectivity index (χ2v) is 3.00. The molecule has 0 atom stereocenters. The molecule has 3 heteroatoms. The molecule has 0 bridgehead atoms.